The standard InChI is InChI=1S/C36H48N6O6S/c1-26(2)23-41(49(47,48)30-15-13-28(14-16-30)22-38-46)25-32(43)31(20-27-10-7-6-8-11-27)39-34(44)33(36(3,4)5)42-19-18-40(35(42)45)24-29-12-9-17-37-21-29/h6-17,21-22,26,31-33,43,46H,18-20,23-25H2,1-5H3,(H,39,44)/t31-,32-,33+/m0/s1. The van der Waals surface area contributed by atoms with E-state index in [2.05, 4.69) is 15.5 Å². The number of aromatic nitrogens is 1. The highest BCUT2D eigenvalue weighted by Crippen LogP contribution is 2.29. The molecule has 3 aromatic rings. The van der Waals surface area contributed by atoms with Gasteiger partial charge in [0.2, 0.25) is 15.9 Å². The van der Waals surface area contributed by atoms with E-state index in [9.17, 15) is 23.1 Å². The summed E-state index contributed by atoms with van der Waals surface area (Å²) in [5.41, 5.74) is 1.59. The van der Waals surface area contributed by atoms with Crippen molar-refractivity contribution in [1.82, 2.24) is 24.4 Å². The van der Waals surface area contributed by atoms with Crippen molar-refractivity contribution in [1.29, 1.82) is 0 Å². The molecule has 3 amide bonds. The van der Waals surface area contributed by atoms with Crippen molar-refractivity contribution >= 4 is 28.2 Å². The van der Waals surface area contributed by atoms with E-state index in [4.69, 9.17) is 5.21 Å². The molecule has 0 bridgehead atoms. The molecule has 0 aliphatic carbocycles. The lowest BCUT2D eigenvalue weighted by Crippen LogP contribution is -2.59. The van der Waals surface area contributed by atoms with Gasteiger partial charge < -0.3 is 25.4 Å². The van der Waals surface area contributed by atoms with Crippen LogP contribution in [0.5, 0.6) is 0 Å². The van der Waals surface area contributed by atoms with Gasteiger partial charge in [-0.2, -0.15) is 4.31 Å². The lowest BCUT2D eigenvalue weighted by atomic mass is 9.84. The fraction of sp³-hybridized carbons (Fsp3) is 0.444. The Balaban J connectivity index is 1.60. The summed E-state index contributed by atoms with van der Waals surface area (Å²) in [4.78, 5) is 35.4. The molecule has 3 atom stereocenters. The van der Waals surface area contributed by atoms with Crippen LogP contribution < -0.4 is 5.32 Å². The van der Waals surface area contributed by atoms with Crippen molar-refractivity contribution in [3.05, 3.63) is 95.8 Å². The minimum Gasteiger partial charge on any atom is -0.411 e. The summed E-state index contributed by atoms with van der Waals surface area (Å²) >= 11 is 0. The van der Waals surface area contributed by atoms with E-state index in [1.807, 2.05) is 77.1 Å². The predicted molar refractivity (Wildman–Crippen MR) is 187 cm³/mol. The largest absolute Gasteiger partial charge is 0.411 e. The maximum atomic E-state index is 14.3. The van der Waals surface area contributed by atoms with Gasteiger partial charge in [0.15, 0.2) is 0 Å². The lowest BCUT2D eigenvalue weighted by Gasteiger charge is -2.38. The molecule has 0 saturated carbocycles. The van der Waals surface area contributed by atoms with Crippen LogP contribution in [0.3, 0.4) is 0 Å². The zero-order chi connectivity index (χ0) is 35.8. The van der Waals surface area contributed by atoms with Crippen LogP contribution >= 0.6 is 0 Å². The molecule has 4 rings (SSSR count). The Morgan fingerprint density at radius 2 is 1.69 bits per heavy atom. The number of urea groups is 1. The molecule has 2 aromatic carbocycles. The normalized spacial score (nSPS) is 16.0. The Bertz CT molecular complexity index is 1660. The number of aliphatic hydroxyl groups excluding tert-OH is 1. The molecule has 12 nitrogen and oxygen atoms in total. The molecule has 1 aliphatic rings. The molecule has 49 heavy (non-hydrogen) atoms. The fourth-order valence-electron chi connectivity index (χ4n) is 6.07. The molecule has 1 fully saturated rings. The van der Waals surface area contributed by atoms with Crippen LogP contribution in [-0.2, 0) is 27.8 Å². The van der Waals surface area contributed by atoms with Crippen molar-refractivity contribution in [3.63, 3.8) is 0 Å². The Hall–Kier alpha value is -4.33. The van der Waals surface area contributed by atoms with Gasteiger partial charge in [0.25, 0.3) is 0 Å². The second-order valence-corrected chi connectivity index (χ2v) is 15.9. The maximum absolute atomic E-state index is 14.3. The number of pyridine rings is 1. The van der Waals surface area contributed by atoms with Gasteiger partial charge in [0.1, 0.15) is 6.04 Å². The number of hydrogen-bond donors (Lipinski definition) is 3. The van der Waals surface area contributed by atoms with E-state index in [-0.39, 0.29) is 36.4 Å². The van der Waals surface area contributed by atoms with Crippen molar-refractivity contribution in [2.45, 2.75) is 70.7 Å². The molecular weight excluding hydrogens is 644 g/mol. The zero-order valence-electron chi connectivity index (χ0n) is 28.8. The number of hydrogen-bond acceptors (Lipinski definition) is 8. The molecule has 1 saturated heterocycles. The molecule has 0 unspecified atom stereocenters. The number of rotatable bonds is 15. The van der Waals surface area contributed by atoms with Gasteiger partial charge in [0, 0.05) is 45.1 Å². The number of carbonyl (C=O) groups is 2. The van der Waals surface area contributed by atoms with Crippen LogP contribution in [-0.4, -0.2) is 100 Å². The Labute approximate surface area is 289 Å². The van der Waals surface area contributed by atoms with Gasteiger partial charge in [-0.25, -0.2) is 13.2 Å². The molecule has 1 aromatic heterocycles. The van der Waals surface area contributed by atoms with Crippen LogP contribution in [0, 0.1) is 11.3 Å². The summed E-state index contributed by atoms with van der Waals surface area (Å²) in [6.45, 7) is 10.5. The summed E-state index contributed by atoms with van der Waals surface area (Å²) < 4.78 is 29.0. The van der Waals surface area contributed by atoms with Gasteiger partial charge in [-0.3, -0.25) is 9.78 Å². The fourth-order valence-corrected chi connectivity index (χ4v) is 7.69. The van der Waals surface area contributed by atoms with E-state index in [1.165, 1.54) is 34.8 Å². The summed E-state index contributed by atoms with van der Waals surface area (Å²) in [7, 11) is -4.06. The number of oxime groups is 1. The summed E-state index contributed by atoms with van der Waals surface area (Å²) in [5.74, 6) is -0.491. The number of sulfonamides is 1. The van der Waals surface area contributed by atoms with Crippen LogP contribution in [0.25, 0.3) is 0 Å². The van der Waals surface area contributed by atoms with E-state index in [0.29, 0.717) is 25.2 Å². The van der Waals surface area contributed by atoms with Crippen LogP contribution in [0.15, 0.2) is 89.2 Å². The van der Waals surface area contributed by atoms with Gasteiger partial charge in [-0.1, -0.05) is 88.3 Å². The monoisotopic (exact) mass is 692 g/mol. The first-order valence-electron chi connectivity index (χ1n) is 16.4. The summed E-state index contributed by atoms with van der Waals surface area (Å²) in [6, 6.07) is 17.0. The second kappa shape index (κ2) is 16.4. The van der Waals surface area contributed by atoms with Crippen molar-refractivity contribution in [2.24, 2.45) is 16.5 Å². The van der Waals surface area contributed by atoms with E-state index in [1.54, 1.807) is 22.2 Å². The van der Waals surface area contributed by atoms with E-state index < -0.39 is 39.5 Å². The molecule has 0 spiro atoms. The average molecular weight is 693 g/mol. The first kappa shape index (κ1) is 37.5. The number of aliphatic hydroxyl groups is 1. The minimum absolute atomic E-state index is 0.0234. The van der Waals surface area contributed by atoms with Crippen molar-refractivity contribution in [3.8, 4) is 0 Å². The van der Waals surface area contributed by atoms with E-state index in [0.717, 1.165) is 11.1 Å². The van der Waals surface area contributed by atoms with Crippen LogP contribution in [0.4, 0.5) is 4.79 Å². The highest BCUT2D eigenvalue weighted by atomic mass is 32.2. The topological polar surface area (TPSA) is 156 Å². The molecular formula is C36H48N6O6S. The number of amides is 3. The third-order valence-corrected chi connectivity index (χ3v) is 10.2. The van der Waals surface area contributed by atoms with Gasteiger partial charge in [-0.05, 0) is 52.6 Å². The van der Waals surface area contributed by atoms with Crippen molar-refractivity contribution < 1.29 is 28.3 Å². The molecule has 1 aliphatic heterocycles. The molecule has 2 heterocycles. The van der Waals surface area contributed by atoms with Crippen LogP contribution in [0.2, 0.25) is 0 Å². The van der Waals surface area contributed by atoms with Crippen LogP contribution in [0.1, 0.15) is 51.3 Å². The Kier molecular flexibility index (Phi) is 12.5. The summed E-state index contributed by atoms with van der Waals surface area (Å²) in [5, 5.41) is 26.6. The maximum Gasteiger partial charge on any atom is 0.321 e. The second-order valence-electron chi connectivity index (χ2n) is 13.9. The highest BCUT2D eigenvalue weighted by molar-refractivity contribution is 7.89. The molecule has 3 N–H and O–H groups in total. The third kappa shape index (κ3) is 9.87. The first-order valence-corrected chi connectivity index (χ1v) is 17.9. The molecule has 0 radical (unpaired) electrons. The van der Waals surface area contributed by atoms with Crippen molar-refractivity contribution in [2.75, 3.05) is 26.2 Å². The third-order valence-electron chi connectivity index (χ3n) is 8.38. The average Bonchev–Trinajstić information content (AvgIpc) is 3.39. The lowest BCUT2D eigenvalue weighted by molar-refractivity contribution is -0.130. The van der Waals surface area contributed by atoms with Gasteiger partial charge in [-0.15, -0.1) is 0 Å². The minimum atomic E-state index is -4.06. The SMILES string of the molecule is CC(C)CN(C[C@H](O)[C@H](Cc1ccccc1)NC(=O)[C@@H](N1CCN(Cc2cccnc2)C1=O)C(C)(C)C)S(=O)(=O)c1ccc(C=NO)cc1. The smallest absolute Gasteiger partial charge is 0.321 e. The van der Waals surface area contributed by atoms with Gasteiger partial charge in [0.05, 0.1) is 23.3 Å². The Morgan fingerprint density at radius 3 is 2.29 bits per heavy atom. The molecule has 13 heteroatoms. The molecule has 264 valence electrons. The number of carbonyl (C=O) groups excluding carboxylic acids is 2. The van der Waals surface area contributed by atoms with E-state index >= 15 is 0 Å². The van der Waals surface area contributed by atoms with Gasteiger partial charge >= 0.3 is 6.03 Å². The Morgan fingerprint density at radius 1 is 1.02 bits per heavy atom. The quantitative estimate of drug-likeness (QED) is 0.124. The zero-order valence-corrected chi connectivity index (χ0v) is 29.6. The summed E-state index contributed by atoms with van der Waals surface area (Å²) in [6.07, 6.45) is 3.52. The number of nitrogens with one attached hydrogen (secondary N) is 1. The number of nitrogens with zero attached hydrogens (tertiary/aromatic N) is 5. The predicted octanol–water partition coefficient (Wildman–Crippen LogP) is 3.98. The highest BCUT2D eigenvalue weighted by Gasteiger charge is 2.44. The first-order chi connectivity index (χ1) is 23.2. The number of benzene rings is 2.